The number of fused-ring (bicyclic) bond motifs is 1. The summed E-state index contributed by atoms with van der Waals surface area (Å²) in [7, 11) is 0. The lowest BCUT2D eigenvalue weighted by Gasteiger charge is -2.14. The molecule has 1 aliphatic rings. The van der Waals surface area contributed by atoms with Gasteiger partial charge in [0.25, 0.3) is 0 Å². The predicted octanol–water partition coefficient (Wildman–Crippen LogP) is 2.17. The summed E-state index contributed by atoms with van der Waals surface area (Å²) < 4.78 is 11.2. The Labute approximate surface area is 111 Å². The molecule has 0 bridgehead atoms. The Hall–Kier alpha value is -1.42. The minimum absolute atomic E-state index is 0.132. The first-order valence-corrected chi connectivity index (χ1v) is 6.36. The van der Waals surface area contributed by atoms with E-state index in [-0.39, 0.29) is 6.10 Å². The lowest BCUT2D eigenvalue weighted by Crippen LogP contribution is -2.18. The van der Waals surface area contributed by atoms with Gasteiger partial charge in [0.15, 0.2) is 0 Å². The third kappa shape index (κ3) is 2.38. The third-order valence-electron chi connectivity index (χ3n) is 2.85. The molecule has 1 amide bonds. The van der Waals surface area contributed by atoms with Gasteiger partial charge in [-0.3, -0.25) is 4.79 Å². The van der Waals surface area contributed by atoms with Crippen molar-refractivity contribution in [2.24, 2.45) is 5.73 Å². The number of benzene rings is 1. The van der Waals surface area contributed by atoms with Crippen LogP contribution in [-0.4, -0.2) is 18.6 Å². The smallest absolute Gasteiger partial charge is 0.240 e. The highest BCUT2D eigenvalue weighted by atomic mass is 35.5. The van der Waals surface area contributed by atoms with Crippen molar-refractivity contribution in [1.29, 1.82) is 0 Å². The molecule has 2 atom stereocenters. The van der Waals surface area contributed by atoms with E-state index in [2.05, 4.69) is 0 Å². The average molecular weight is 270 g/mol. The van der Waals surface area contributed by atoms with Gasteiger partial charge in [-0.1, -0.05) is 0 Å². The first kappa shape index (κ1) is 13.0. The largest absolute Gasteiger partial charge is 0.494 e. The van der Waals surface area contributed by atoms with Crippen molar-refractivity contribution in [3.05, 3.63) is 23.3 Å². The SMILES string of the molecule is CCOc1cc2c(cc1C(Cl)C(N)=O)OC(C)C2. The standard InChI is InChI=1S/C13H16ClNO3/c1-3-17-11-5-8-4-7(2)18-10(8)6-9(11)12(14)13(15)16/h5-7,12H,3-4H2,1-2H3,(H2,15,16). The van der Waals surface area contributed by atoms with Gasteiger partial charge in [-0.05, 0) is 26.0 Å². The van der Waals surface area contributed by atoms with E-state index in [9.17, 15) is 4.79 Å². The van der Waals surface area contributed by atoms with Crippen molar-refractivity contribution in [2.75, 3.05) is 6.61 Å². The first-order chi connectivity index (χ1) is 8.52. The fourth-order valence-electron chi connectivity index (χ4n) is 2.09. The summed E-state index contributed by atoms with van der Waals surface area (Å²) in [6.07, 6.45) is 0.964. The number of halogens is 1. The molecule has 0 radical (unpaired) electrons. The molecule has 2 N–H and O–H groups in total. The molecule has 0 saturated carbocycles. The fourth-order valence-corrected chi connectivity index (χ4v) is 2.26. The minimum Gasteiger partial charge on any atom is -0.494 e. The highest BCUT2D eigenvalue weighted by Crippen LogP contribution is 2.39. The van der Waals surface area contributed by atoms with Gasteiger partial charge in [-0.25, -0.2) is 0 Å². The highest BCUT2D eigenvalue weighted by molar-refractivity contribution is 6.30. The molecule has 2 unspecified atom stereocenters. The second kappa shape index (κ2) is 5.06. The van der Waals surface area contributed by atoms with Crippen molar-refractivity contribution in [3.63, 3.8) is 0 Å². The van der Waals surface area contributed by atoms with Crippen LogP contribution in [-0.2, 0) is 11.2 Å². The Kier molecular flexibility index (Phi) is 3.66. The van der Waals surface area contributed by atoms with Gasteiger partial charge in [0.1, 0.15) is 23.0 Å². The first-order valence-electron chi connectivity index (χ1n) is 5.92. The van der Waals surface area contributed by atoms with Crippen LogP contribution in [0.15, 0.2) is 12.1 Å². The Morgan fingerprint density at radius 1 is 1.67 bits per heavy atom. The van der Waals surface area contributed by atoms with Crippen LogP contribution in [0.25, 0.3) is 0 Å². The van der Waals surface area contributed by atoms with Crippen molar-refractivity contribution < 1.29 is 14.3 Å². The van der Waals surface area contributed by atoms with Crippen molar-refractivity contribution in [2.45, 2.75) is 31.7 Å². The van der Waals surface area contributed by atoms with E-state index in [4.69, 9.17) is 26.8 Å². The van der Waals surface area contributed by atoms with Crippen LogP contribution in [0.4, 0.5) is 0 Å². The number of carbonyl (C=O) groups excluding carboxylic acids is 1. The van der Waals surface area contributed by atoms with Crippen LogP contribution in [0, 0.1) is 0 Å². The summed E-state index contributed by atoms with van der Waals surface area (Å²) in [6.45, 7) is 4.38. The predicted molar refractivity (Wildman–Crippen MR) is 69.2 cm³/mol. The molecule has 0 spiro atoms. The third-order valence-corrected chi connectivity index (χ3v) is 3.30. The van der Waals surface area contributed by atoms with Crippen molar-refractivity contribution in [3.8, 4) is 11.5 Å². The summed E-state index contributed by atoms with van der Waals surface area (Å²) >= 11 is 6.01. The zero-order valence-electron chi connectivity index (χ0n) is 10.4. The maximum atomic E-state index is 11.2. The van der Waals surface area contributed by atoms with Crippen LogP contribution < -0.4 is 15.2 Å². The fraction of sp³-hybridized carbons (Fsp3) is 0.462. The minimum atomic E-state index is -0.906. The van der Waals surface area contributed by atoms with Crippen LogP contribution in [0.2, 0.25) is 0 Å². The summed E-state index contributed by atoms with van der Waals surface area (Å²) in [5.41, 5.74) is 6.88. The van der Waals surface area contributed by atoms with Crippen molar-refractivity contribution >= 4 is 17.5 Å². The van der Waals surface area contributed by atoms with E-state index in [1.165, 1.54) is 0 Å². The molecule has 1 aliphatic heterocycles. The monoisotopic (exact) mass is 269 g/mol. The van der Waals surface area contributed by atoms with Gasteiger partial charge in [0.2, 0.25) is 5.91 Å². The molecule has 2 rings (SSSR count). The van der Waals surface area contributed by atoms with Crippen LogP contribution >= 0.6 is 11.6 Å². The van der Waals surface area contributed by atoms with Gasteiger partial charge in [0, 0.05) is 17.5 Å². The van der Waals surface area contributed by atoms with Gasteiger partial charge in [-0.15, -0.1) is 11.6 Å². The number of primary amides is 1. The van der Waals surface area contributed by atoms with E-state index >= 15 is 0 Å². The summed E-state index contributed by atoms with van der Waals surface area (Å²) in [4.78, 5) is 11.2. The zero-order valence-corrected chi connectivity index (χ0v) is 11.2. The zero-order chi connectivity index (χ0) is 13.3. The summed E-state index contributed by atoms with van der Waals surface area (Å²) in [5.74, 6) is 0.768. The summed E-state index contributed by atoms with van der Waals surface area (Å²) in [5, 5.41) is -0.906. The number of alkyl halides is 1. The van der Waals surface area contributed by atoms with Crippen LogP contribution in [0.5, 0.6) is 11.5 Å². The lowest BCUT2D eigenvalue weighted by molar-refractivity contribution is -0.117. The number of amides is 1. The van der Waals surface area contributed by atoms with Crippen LogP contribution in [0.1, 0.15) is 30.4 Å². The Balaban J connectivity index is 2.44. The normalized spacial score (nSPS) is 18.9. The average Bonchev–Trinajstić information content (AvgIpc) is 2.66. The Bertz CT molecular complexity index is 476. The van der Waals surface area contributed by atoms with Crippen LogP contribution in [0.3, 0.4) is 0 Å². The van der Waals surface area contributed by atoms with E-state index in [1.807, 2.05) is 19.9 Å². The molecule has 4 nitrogen and oxygen atoms in total. The van der Waals surface area contributed by atoms with Gasteiger partial charge in [-0.2, -0.15) is 0 Å². The molecule has 1 aromatic rings. The molecule has 0 aliphatic carbocycles. The number of nitrogens with two attached hydrogens (primary N) is 1. The Morgan fingerprint density at radius 3 is 3.00 bits per heavy atom. The van der Waals surface area contributed by atoms with E-state index in [1.54, 1.807) is 6.07 Å². The number of hydrogen-bond acceptors (Lipinski definition) is 3. The maximum absolute atomic E-state index is 11.2. The molecule has 1 aromatic carbocycles. The molecular formula is C13H16ClNO3. The van der Waals surface area contributed by atoms with Crippen molar-refractivity contribution in [1.82, 2.24) is 0 Å². The molecule has 1 heterocycles. The number of ether oxygens (including phenoxy) is 2. The summed E-state index contributed by atoms with van der Waals surface area (Å²) in [6, 6.07) is 3.64. The molecule has 0 saturated heterocycles. The van der Waals surface area contributed by atoms with Gasteiger partial charge < -0.3 is 15.2 Å². The van der Waals surface area contributed by atoms with Gasteiger partial charge >= 0.3 is 0 Å². The topological polar surface area (TPSA) is 61.5 Å². The van der Waals surface area contributed by atoms with E-state index < -0.39 is 11.3 Å². The lowest BCUT2D eigenvalue weighted by atomic mass is 10.0. The maximum Gasteiger partial charge on any atom is 0.240 e. The molecule has 18 heavy (non-hydrogen) atoms. The molecule has 98 valence electrons. The molecule has 0 fully saturated rings. The second-order valence-electron chi connectivity index (χ2n) is 4.33. The number of rotatable bonds is 4. The highest BCUT2D eigenvalue weighted by Gasteiger charge is 2.26. The molecule has 0 aromatic heterocycles. The Morgan fingerprint density at radius 2 is 2.39 bits per heavy atom. The quantitative estimate of drug-likeness (QED) is 0.852. The van der Waals surface area contributed by atoms with E-state index in [0.717, 1.165) is 17.7 Å². The van der Waals surface area contributed by atoms with E-state index in [0.29, 0.717) is 17.9 Å². The molecular weight excluding hydrogens is 254 g/mol. The van der Waals surface area contributed by atoms with Gasteiger partial charge in [0.05, 0.1) is 6.61 Å². The second-order valence-corrected chi connectivity index (χ2v) is 4.76. The number of hydrogen-bond donors (Lipinski definition) is 1. The molecule has 5 heteroatoms. The number of carbonyl (C=O) groups is 1.